The molecule has 0 saturated carbocycles. The van der Waals surface area contributed by atoms with Crippen LogP contribution in [0.25, 0.3) is 16.8 Å². The first kappa shape index (κ1) is 15.7. The Morgan fingerprint density at radius 2 is 1.96 bits per heavy atom. The largest absolute Gasteiger partial charge is 0.325 e. The van der Waals surface area contributed by atoms with Crippen molar-refractivity contribution in [3.05, 3.63) is 54.1 Å². The summed E-state index contributed by atoms with van der Waals surface area (Å²) in [5, 5.41) is 10.6. The SMILES string of the molecule is Cc1ccccc1NC(=O)[C@H](C)Sc1n[nH]c2nc3ccccc3n12. The van der Waals surface area contributed by atoms with Crippen LogP contribution in [0.1, 0.15) is 12.5 Å². The average molecular weight is 351 g/mol. The van der Waals surface area contributed by atoms with Crippen molar-refractivity contribution < 1.29 is 4.79 Å². The van der Waals surface area contributed by atoms with Crippen molar-refractivity contribution in [3.8, 4) is 0 Å². The summed E-state index contributed by atoms with van der Waals surface area (Å²) in [5.41, 5.74) is 3.74. The van der Waals surface area contributed by atoms with Crippen molar-refractivity contribution in [1.29, 1.82) is 0 Å². The first-order chi connectivity index (χ1) is 12.1. The molecule has 4 aromatic rings. The highest BCUT2D eigenvalue weighted by Gasteiger charge is 2.20. The Hall–Kier alpha value is -2.80. The summed E-state index contributed by atoms with van der Waals surface area (Å²) in [6, 6.07) is 15.6. The molecule has 6 nitrogen and oxygen atoms in total. The number of benzene rings is 2. The van der Waals surface area contributed by atoms with Crippen LogP contribution in [-0.2, 0) is 4.79 Å². The van der Waals surface area contributed by atoms with Crippen LogP contribution < -0.4 is 5.32 Å². The highest BCUT2D eigenvalue weighted by molar-refractivity contribution is 8.00. The molecule has 0 spiro atoms. The molecule has 126 valence electrons. The van der Waals surface area contributed by atoms with Gasteiger partial charge in [-0.1, -0.05) is 42.1 Å². The van der Waals surface area contributed by atoms with E-state index in [0.717, 1.165) is 27.4 Å². The van der Waals surface area contributed by atoms with Gasteiger partial charge in [-0.25, -0.2) is 10.1 Å². The van der Waals surface area contributed by atoms with E-state index in [1.807, 2.05) is 66.8 Å². The third-order valence-corrected chi connectivity index (χ3v) is 5.11. The maximum atomic E-state index is 12.5. The minimum atomic E-state index is -0.299. The molecule has 2 aromatic heterocycles. The summed E-state index contributed by atoms with van der Waals surface area (Å²) in [6.45, 7) is 3.85. The van der Waals surface area contributed by atoms with Crippen LogP contribution in [0, 0.1) is 6.92 Å². The predicted octanol–water partition coefficient (Wildman–Crippen LogP) is 3.64. The fourth-order valence-corrected chi connectivity index (χ4v) is 3.55. The zero-order valence-electron chi connectivity index (χ0n) is 13.9. The number of carbonyl (C=O) groups excluding carboxylic acids is 1. The zero-order chi connectivity index (χ0) is 17.4. The predicted molar refractivity (Wildman–Crippen MR) is 100.0 cm³/mol. The van der Waals surface area contributed by atoms with Crippen molar-refractivity contribution in [1.82, 2.24) is 19.6 Å². The van der Waals surface area contributed by atoms with Crippen molar-refractivity contribution in [2.45, 2.75) is 24.3 Å². The van der Waals surface area contributed by atoms with Gasteiger partial charge in [0.1, 0.15) is 0 Å². The number of aryl methyl sites for hydroxylation is 1. The Labute approximate surface area is 148 Å². The lowest BCUT2D eigenvalue weighted by atomic mass is 10.2. The lowest BCUT2D eigenvalue weighted by molar-refractivity contribution is -0.115. The van der Waals surface area contributed by atoms with Crippen molar-refractivity contribution >= 4 is 40.2 Å². The Morgan fingerprint density at radius 1 is 1.20 bits per heavy atom. The molecule has 0 aliphatic heterocycles. The monoisotopic (exact) mass is 351 g/mol. The molecule has 0 aliphatic rings. The molecule has 0 radical (unpaired) electrons. The van der Waals surface area contributed by atoms with Crippen molar-refractivity contribution in [2.24, 2.45) is 0 Å². The number of hydrogen-bond acceptors (Lipinski definition) is 4. The second-order valence-electron chi connectivity index (χ2n) is 5.83. The van der Waals surface area contributed by atoms with Gasteiger partial charge >= 0.3 is 0 Å². The van der Waals surface area contributed by atoms with Gasteiger partial charge in [-0.3, -0.25) is 9.20 Å². The number of hydrogen-bond donors (Lipinski definition) is 2. The quantitative estimate of drug-likeness (QED) is 0.551. The number of thioether (sulfide) groups is 1. The Balaban J connectivity index is 1.58. The molecule has 1 atom stereocenters. The minimum absolute atomic E-state index is 0.0557. The van der Waals surface area contributed by atoms with Crippen LogP contribution in [0.5, 0.6) is 0 Å². The molecule has 0 aliphatic carbocycles. The fraction of sp³-hybridized carbons (Fsp3) is 0.167. The third-order valence-electron chi connectivity index (χ3n) is 4.06. The normalized spacial score (nSPS) is 12.6. The van der Waals surface area contributed by atoms with Crippen LogP contribution in [0.4, 0.5) is 5.69 Å². The molecule has 4 rings (SSSR count). The van der Waals surface area contributed by atoms with Gasteiger partial charge in [-0.15, -0.1) is 5.10 Å². The summed E-state index contributed by atoms with van der Waals surface area (Å²) in [5.74, 6) is 0.620. The first-order valence-corrected chi connectivity index (χ1v) is 8.86. The van der Waals surface area contributed by atoms with Gasteiger partial charge in [0, 0.05) is 5.69 Å². The number of carbonyl (C=O) groups is 1. The summed E-state index contributed by atoms with van der Waals surface area (Å²) in [6.07, 6.45) is 0. The molecule has 0 fully saturated rings. The van der Waals surface area contributed by atoms with Crippen molar-refractivity contribution in [2.75, 3.05) is 5.32 Å². The smallest absolute Gasteiger partial charge is 0.237 e. The van der Waals surface area contributed by atoms with E-state index in [9.17, 15) is 4.79 Å². The molecule has 2 N–H and O–H groups in total. The van der Waals surface area contributed by atoms with Gasteiger partial charge < -0.3 is 5.32 Å². The van der Waals surface area contributed by atoms with Crippen LogP contribution in [-0.4, -0.2) is 30.7 Å². The van der Waals surface area contributed by atoms with E-state index >= 15 is 0 Å². The topological polar surface area (TPSA) is 75.1 Å². The number of aromatic amines is 1. The van der Waals surface area contributed by atoms with Crippen LogP contribution in [0.2, 0.25) is 0 Å². The highest BCUT2D eigenvalue weighted by Crippen LogP contribution is 2.26. The van der Waals surface area contributed by atoms with E-state index in [1.54, 1.807) is 0 Å². The fourth-order valence-electron chi connectivity index (χ4n) is 2.68. The van der Waals surface area contributed by atoms with Crippen LogP contribution in [0.3, 0.4) is 0 Å². The second kappa shape index (κ2) is 6.25. The average Bonchev–Trinajstić information content (AvgIpc) is 3.16. The van der Waals surface area contributed by atoms with Gasteiger partial charge in [0.25, 0.3) is 0 Å². The highest BCUT2D eigenvalue weighted by atomic mass is 32.2. The number of H-pyrrole nitrogens is 1. The first-order valence-electron chi connectivity index (χ1n) is 7.98. The standard InChI is InChI=1S/C18H17N5OS/c1-11-7-3-4-8-13(11)19-16(24)12(2)25-18-22-21-17-20-14-9-5-6-10-15(14)23(17)18/h3-10,12H,1-2H3,(H,19,24)(H,20,21)/t12-/m0/s1. The van der Waals surface area contributed by atoms with Crippen molar-refractivity contribution in [3.63, 3.8) is 0 Å². The number of aromatic nitrogens is 4. The van der Waals surface area contributed by atoms with E-state index < -0.39 is 0 Å². The molecule has 0 saturated heterocycles. The molecule has 0 unspecified atom stereocenters. The van der Waals surface area contributed by atoms with Gasteiger partial charge in [0.2, 0.25) is 11.7 Å². The number of nitrogens with one attached hydrogen (secondary N) is 2. The molecular formula is C18H17N5OS. The molecule has 0 bridgehead atoms. The number of amides is 1. The van der Waals surface area contributed by atoms with Gasteiger partial charge in [-0.2, -0.15) is 0 Å². The molecular weight excluding hydrogens is 334 g/mol. The molecule has 7 heteroatoms. The van der Waals surface area contributed by atoms with E-state index in [1.165, 1.54) is 11.8 Å². The lowest BCUT2D eigenvalue weighted by Gasteiger charge is -2.12. The Morgan fingerprint density at radius 3 is 2.80 bits per heavy atom. The number of rotatable bonds is 4. The molecule has 1 amide bonds. The molecule has 25 heavy (non-hydrogen) atoms. The lowest BCUT2D eigenvalue weighted by Crippen LogP contribution is -2.23. The number of imidazole rings is 1. The Kier molecular flexibility index (Phi) is 3.93. The maximum Gasteiger partial charge on any atom is 0.237 e. The minimum Gasteiger partial charge on any atom is -0.325 e. The maximum absolute atomic E-state index is 12.5. The summed E-state index contributed by atoms with van der Waals surface area (Å²) >= 11 is 1.40. The number of nitrogens with zero attached hydrogens (tertiary/aromatic N) is 3. The van der Waals surface area contributed by atoms with Gasteiger partial charge in [-0.05, 0) is 37.6 Å². The third kappa shape index (κ3) is 2.87. The van der Waals surface area contributed by atoms with Crippen LogP contribution >= 0.6 is 11.8 Å². The van der Waals surface area contributed by atoms with E-state index in [-0.39, 0.29) is 11.2 Å². The van der Waals surface area contributed by atoms with E-state index in [0.29, 0.717) is 5.78 Å². The number of anilines is 1. The zero-order valence-corrected chi connectivity index (χ0v) is 14.7. The number of fused-ring (bicyclic) bond motifs is 3. The molecule has 2 aromatic carbocycles. The second-order valence-corrected chi connectivity index (χ2v) is 7.14. The Bertz CT molecular complexity index is 1070. The van der Waals surface area contributed by atoms with Gasteiger partial charge in [0.15, 0.2) is 5.16 Å². The summed E-state index contributed by atoms with van der Waals surface area (Å²) in [4.78, 5) is 17.0. The molecule has 2 heterocycles. The van der Waals surface area contributed by atoms with E-state index in [4.69, 9.17) is 0 Å². The van der Waals surface area contributed by atoms with Gasteiger partial charge in [0.05, 0.1) is 16.3 Å². The summed E-state index contributed by atoms with van der Waals surface area (Å²) < 4.78 is 1.94. The summed E-state index contributed by atoms with van der Waals surface area (Å²) in [7, 11) is 0. The number of para-hydroxylation sites is 3. The van der Waals surface area contributed by atoms with E-state index in [2.05, 4.69) is 20.5 Å². The van der Waals surface area contributed by atoms with Crippen LogP contribution in [0.15, 0.2) is 53.7 Å².